The molecule has 1 aromatic carbocycles. The molecule has 4 nitrogen and oxygen atoms in total. The molecule has 0 saturated carbocycles. The fourth-order valence-corrected chi connectivity index (χ4v) is 3.58. The van der Waals surface area contributed by atoms with Gasteiger partial charge in [0.2, 0.25) is 0 Å². The van der Waals surface area contributed by atoms with Gasteiger partial charge < -0.3 is 0 Å². The molecule has 0 amide bonds. The standard InChI is InChI=1S/C13H19ClO4S2/c1-9(2)12(14)7-10-5-6-11(19(3,15)16)8-13(10)20(4,17)18/h5-6,8-9,12H,7H2,1-4H3. The number of hydrogen-bond donors (Lipinski definition) is 0. The van der Waals surface area contributed by atoms with E-state index in [1.165, 1.54) is 18.2 Å². The first-order chi connectivity index (χ1) is 8.93. The number of benzene rings is 1. The Hall–Kier alpha value is -0.590. The lowest BCUT2D eigenvalue weighted by molar-refractivity contribution is 0.583. The van der Waals surface area contributed by atoms with Crippen molar-refractivity contribution in [2.24, 2.45) is 5.92 Å². The predicted molar refractivity (Wildman–Crippen MR) is 80.8 cm³/mol. The number of sulfone groups is 2. The van der Waals surface area contributed by atoms with Crippen LogP contribution in [0.2, 0.25) is 0 Å². The lowest BCUT2D eigenvalue weighted by atomic mass is 10.0. The first kappa shape index (κ1) is 17.5. The molecule has 1 rings (SSSR count). The van der Waals surface area contributed by atoms with Crippen molar-refractivity contribution in [3.63, 3.8) is 0 Å². The lowest BCUT2D eigenvalue weighted by Crippen LogP contribution is -2.14. The first-order valence-electron chi connectivity index (χ1n) is 6.10. The monoisotopic (exact) mass is 338 g/mol. The minimum absolute atomic E-state index is 0.00246. The summed E-state index contributed by atoms with van der Waals surface area (Å²) in [7, 11) is -6.96. The summed E-state index contributed by atoms with van der Waals surface area (Å²) in [6.07, 6.45) is 2.49. The summed E-state index contributed by atoms with van der Waals surface area (Å²) in [5.74, 6) is 0.193. The minimum atomic E-state index is -3.51. The van der Waals surface area contributed by atoms with Crippen LogP contribution in [0.25, 0.3) is 0 Å². The Morgan fingerprint density at radius 3 is 2.00 bits per heavy atom. The second-order valence-corrected chi connectivity index (χ2v) is 9.84. The van der Waals surface area contributed by atoms with E-state index in [9.17, 15) is 16.8 Å². The van der Waals surface area contributed by atoms with Crippen molar-refractivity contribution in [3.8, 4) is 0 Å². The summed E-state index contributed by atoms with van der Waals surface area (Å²) < 4.78 is 46.8. The SMILES string of the molecule is CC(C)C(Cl)Cc1ccc(S(C)(=O)=O)cc1S(C)(=O)=O. The molecule has 1 unspecified atom stereocenters. The van der Waals surface area contributed by atoms with E-state index in [0.29, 0.717) is 12.0 Å². The number of halogens is 1. The van der Waals surface area contributed by atoms with Gasteiger partial charge in [0.1, 0.15) is 0 Å². The summed E-state index contributed by atoms with van der Waals surface area (Å²) in [4.78, 5) is 0.0315. The average molecular weight is 339 g/mol. The molecule has 1 aromatic rings. The van der Waals surface area contributed by atoms with Crippen LogP contribution in [-0.4, -0.2) is 34.7 Å². The Balaban J connectivity index is 3.40. The Labute approximate surface area is 126 Å². The Morgan fingerprint density at radius 2 is 1.60 bits per heavy atom. The summed E-state index contributed by atoms with van der Waals surface area (Å²) in [5.41, 5.74) is 0.550. The smallest absolute Gasteiger partial charge is 0.175 e. The van der Waals surface area contributed by atoms with Crippen molar-refractivity contribution in [1.29, 1.82) is 0 Å². The Kier molecular flexibility index (Phi) is 5.27. The minimum Gasteiger partial charge on any atom is -0.224 e. The van der Waals surface area contributed by atoms with Gasteiger partial charge in [-0.2, -0.15) is 0 Å². The van der Waals surface area contributed by atoms with Crippen LogP contribution in [-0.2, 0) is 26.1 Å². The van der Waals surface area contributed by atoms with Gasteiger partial charge in [-0.15, -0.1) is 11.6 Å². The van der Waals surface area contributed by atoms with Crippen LogP contribution in [0.1, 0.15) is 19.4 Å². The van der Waals surface area contributed by atoms with Crippen molar-refractivity contribution in [3.05, 3.63) is 23.8 Å². The molecule has 0 aliphatic rings. The van der Waals surface area contributed by atoms with Crippen LogP contribution < -0.4 is 0 Å². The molecule has 0 N–H and O–H groups in total. The molecule has 0 aliphatic carbocycles. The third kappa shape index (κ3) is 4.46. The molecule has 0 aliphatic heterocycles. The number of hydrogen-bond acceptors (Lipinski definition) is 4. The van der Waals surface area contributed by atoms with E-state index in [1.807, 2.05) is 13.8 Å². The van der Waals surface area contributed by atoms with Crippen molar-refractivity contribution >= 4 is 31.3 Å². The highest BCUT2D eigenvalue weighted by Gasteiger charge is 2.20. The molecule has 20 heavy (non-hydrogen) atoms. The van der Waals surface area contributed by atoms with Crippen molar-refractivity contribution in [1.82, 2.24) is 0 Å². The van der Waals surface area contributed by atoms with E-state index in [1.54, 1.807) is 0 Å². The lowest BCUT2D eigenvalue weighted by Gasteiger charge is -2.16. The van der Waals surface area contributed by atoms with Gasteiger partial charge in [-0.1, -0.05) is 19.9 Å². The van der Waals surface area contributed by atoms with Crippen molar-refractivity contribution < 1.29 is 16.8 Å². The average Bonchev–Trinajstić information content (AvgIpc) is 2.26. The largest absolute Gasteiger partial charge is 0.224 e. The van der Waals surface area contributed by atoms with Crippen LogP contribution in [0.4, 0.5) is 0 Å². The van der Waals surface area contributed by atoms with E-state index in [2.05, 4.69) is 0 Å². The second kappa shape index (κ2) is 6.03. The maximum absolute atomic E-state index is 11.8. The van der Waals surface area contributed by atoms with E-state index >= 15 is 0 Å². The molecule has 114 valence electrons. The molecular formula is C13H19ClO4S2. The summed E-state index contributed by atoms with van der Waals surface area (Å²) in [6.45, 7) is 3.89. The normalized spacial score (nSPS) is 14.5. The van der Waals surface area contributed by atoms with Gasteiger partial charge >= 0.3 is 0 Å². The van der Waals surface area contributed by atoms with Crippen LogP contribution >= 0.6 is 11.6 Å². The van der Waals surface area contributed by atoms with Gasteiger partial charge in [0.15, 0.2) is 19.7 Å². The number of alkyl halides is 1. The summed E-state index contributed by atoms with van der Waals surface area (Å²) >= 11 is 6.19. The molecule has 0 heterocycles. The van der Waals surface area contributed by atoms with Gasteiger partial charge in [-0.25, -0.2) is 16.8 Å². The second-order valence-electron chi connectivity index (χ2n) is 5.28. The quantitative estimate of drug-likeness (QED) is 0.772. The van der Waals surface area contributed by atoms with Gasteiger partial charge in [0, 0.05) is 17.9 Å². The van der Waals surface area contributed by atoms with Gasteiger partial charge in [0.05, 0.1) is 9.79 Å². The van der Waals surface area contributed by atoms with Gasteiger partial charge in [-0.05, 0) is 30.0 Å². The molecule has 0 spiro atoms. The maximum Gasteiger partial charge on any atom is 0.175 e. The molecule has 7 heteroatoms. The zero-order chi connectivity index (χ0) is 15.7. The first-order valence-corrected chi connectivity index (χ1v) is 10.3. The van der Waals surface area contributed by atoms with E-state index in [0.717, 1.165) is 12.5 Å². The topological polar surface area (TPSA) is 68.3 Å². The molecule has 1 atom stereocenters. The van der Waals surface area contributed by atoms with E-state index in [-0.39, 0.29) is 21.1 Å². The highest BCUT2D eigenvalue weighted by Crippen LogP contribution is 2.25. The van der Waals surface area contributed by atoms with Crippen molar-refractivity contribution in [2.75, 3.05) is 12.5 Å². The van der Waals surface area contributed by atoms with Crippen molar-refractivity contribution in [2.45, 2.75) is 35.4 Å². The van der Waals surface area contributed by atoms with E-state index < -0.39 is 19.7 Å². The van der Waals surface area contributed by atoms with Crippen LogP contribution in [0.15, 0.2) is 28.0 Å². The van der Waals surface area contributed by atoms with Gasteiger partial charge in [-0.3, -0.25) is 0 Å². The summed E-state index contributed by atoms with van der Waals surface area (Å²) in [6, 6.07) is 4.16. The summed E-state index contributed by atoms with van der Waals surface area (Å²) in [5, 5.41) is -0.209. The molecule has 0 radical (unpaired) electrons. The van der Waals surface area contributed by atoms with Crippen LogP contribution in [0.3, 0.4) is 0 Å². The fourth-order valence-electron chi connectivity index (χ4n) is 1.73. The predicted octanol–water partition coefficient (Wildman–Crippen LogP) is 2.30. The molecule has 0 saturated heterocycles. The Morgan fingerprint density at radius 1 is 1.05 bits per heavy atom. The zero-order valence-electron chi connectivity index (χ0n) is 11.9. The zero-order valence-corrected chi connectivity index (χ0v) is 14.3. The van der Waals surface area contributed by atoms with Crippen LogP contribution in [0.5, 0.6) is 0 Å². The Bertz CT molecular complexity index is 691. The van der Waals surface area contributed by atoms with Crippen LogP contribution in [0, 0.1) is 5.92 Å². The molecule has 0 fully saturated rings. The van der Waals surface area contributed by atoms with Gasteiger partial charge in [0.25, 0.3) is 0 Å². The fraction of sp³-hybridized carbons (Fsp3) is 0.538. The third-order valence-electron chi connectivity index (χ3n) is 3.00. The number of rotatable bonds is 5. The molecule has 0 bridgehead atoms. The third-order valence-corrected chi connectivity index (χ3v) is 5.95. The maximum atomic E-state index is 11.8. The highest BCUT2D eigenvalue weighted by molar-refractivity contribution is 7.91. The molecule has 0 aromatic heterocycles. The van der Waals surface area contributed by atoms with E-state index in [4.69, 9.17) is 11.6 Å². The molecular weight excluding hydrogens is 320 g/mol. The highest BCUT2D eigenvalue weighted by atomic mass is 35.5.